The van der Waals surface area contributed by atoms with E-state index in [0.29, 0.717) is 6.61 Å². The van der Waals surface area contributed by atoms with Crippen molar-refractivity contribution >= 4 is 17.7 Å². The first-order chi connectivity index (χ1) is 13.7. The SMILES string of the molecule is Cc1ccc(Cn2cccc2C2=NC(CSCc3cccc(C)c3)CO2)cc1. The van der Waals surface area contributed by atoms with Gasteiger partial charge in [0.15, 0.2) is 0 Å². The molecular weight excluding hydrogens is 364 g/mol. The van der Waals surface area contributed by atoms with Gasteiger partial charge < -0.3 is 9.30 Å². The summed E-state index contributed by atoms with van der Waals surface area (Å²) in [5.41, 5.74) is 6.32. The van der Waals surface area contributed by atoms with Crippen LogP contribution in [0.5, 0.6) is 0 Å². The zero-order valence-electron chi connectivity index (χ0n) is 16.5. The Morgan fingerprint density at radius 3 is 2.68 bits per heavy atom. The Morgan fingerprint density at radius 2 is 1.86 bits per heavy atom. The van der Waals surface area contributed by atoms with Crippen molar-refractivity contribution in [1.29, 1.82) is 0 Å². The van der Waals surface area contributed by atoms with E-state index in [-0.39, 0.29) is 6.04 Å². The van der Waals surface area contributed by atoms with E-state index in [9.17, 15) is 0 Å². The van der Waals surface area contributed by atoms with Crippen molar-refractivity contribution in [3.05, 3.63) is 94.8 Å². The second-order valence-corrected chi connectivity index (χ2v) is 8.44. The Hall–Kier alpha value is -2.46. The summed E-state index contributed by atoms with van der Waals surface area (Å²) in [5, 5.41) is 0. The van der Waals surface area contributed by atoms with Gasteiger partial charge in [0.05, 0.1) is 6.04 Å². The van der Waals surface area contributed by atoms with Crippen LogP contribution in [0.3, 0.4) is 0 Å². The molecule has 3 aromatic rings. The minimum atomic E-state index is 0.229. The zero-order valence-corrected chi connectivity index (χ0v) is 17.3. The molecule has 2 heterocycles. The number of hydrogen-bond acceptors (Lipinski definition) is 3. The lowest BCUT2D eigenvalue weighted by molar-refractivity contribution is 0.323. The number of ether oxygens (including phenoxy) is 1. The molecule has 28 heavy (non-hydrogen) atoms. The predicted molar refractivity (Wildman–Crippen MR) is 118 cm³/mol. The van der Waals surface area contributed by atoms with Gasteiger partial charge in [-0.15, -0.1) is 0 Å². The molecule has 1 aliphatic heterocycles. The first-order valence-corrected chi connectivity index (χ1v) is 10.9. The summed E-state index contributed by atoms with van der Waals surface area (Å²) in [7, 11) is 0. The maximum atomic E-state index is 5.95. The van der Waals surface area contributed by atoms with E-state index in [1.807, 2.05) is 11.8 Å². The van der Waals surface area contributed by atoms with E-state index < -0.39 is 0 Å². The van der Waals surface area contributed by atoms with Gasteiger partial charge in [-0.25, -0.2) is 4.99 Å². The van der Waals surface area contributed by atoms with Gasteiger partial charge in [0.1, 0.15) is 12.3 Å². The molecule has 1 atom stereocenters. The number of nitrogens with zero attached hydrogens (tertiary/aromatic N) is 2. The van der Waals surface area contributed by atoms with Crippen LogP contribution >= 0.6 is 11.8 Å². The summed E-state index contributed by atoms with van der Waals surface area (Å²) in [4.78, 5) is 4.85. The van der Waals surface area contributed by atoms with E-state index in [0.717, 1.165) is 29.6 Å². The van der Waals surface area contributed by atoms with Crippen LogP contribution in [0.4, 0.5) is 0 Å². The summed E-state index contributed by atoms with van der Waals surface area (Å²) < 4.78 is 8.16. The van der Waals surface area contributed by atoms with Crippen molar-refractivity contribution in [3.8, 4) is 0 Å². The quantitative estimate of drug-likeness (QED) is 0.552. The number of rotatable bonds is 7. The minimum absolute atomic E-state index is 0.229. The molecule has 3 nitrogen and oxygen atoms in total. The number of benzene rings is 2. The van der Waals surface area contributed by atoms with Gasteiger partial charge in [-0.05, 0) is 37.1 Å². The van der Waals surface area contributed by atoms with Gasteiger partial charge in [-0.1, -0.05) is 59.7 Å². The third-order valence-corrected chi connectivity index (χ3v) is 6.05. The highest BCUT2D eigenvalue weighted by Crippen LogP contribution is 2.20. The molecule has 0 amide bonds. The Morgan fingerprint density at radius 1 is 1.00 bits per heavy atom. The second-order valence-electron chi connectivity index (χ2n) is 7.41. The van der Waals surface area contributed by atoms with E-state index >= 15 is 0 Å². The molecule has 0 bridgehead atoms. The Kier molecular flexibility index (Phi) is 5.87. The van der Waals surface area contributed by atoms with Gasteiger partial charge in [0.2, 0.25) is 5.90 Å². The fourth-order valence-electron chi connectivity index (χ4n) is 3.39. The summed E-state index contributed by atoms with van der Waals surface area (Å²) in [6.45, 7) is 5.76. The van der Waals surface area contributed by atoms with Crippen LogP contribution < -0.4 is 0 Å². The minimum Gasteiger partial charge on any atom is -0.474 e. The molecule has 144 valence electrons. The molecule has 1 aliphatic rings. The summed E-state index contributed by atoms with van der Waals surface area (Å²) in [6, 6.07) is 21.8. The fourth-order valence-corrected chi connectivity index (χ4v) is 4.37. The van der Waals surface area contributed by atoms with Crippen LogP contribution in [-0.2, 0) is 17.0 Å². The van der Waals surface area contributed by atoms with Gasteiger partial charge in [0.25, 0.3) is 0 Å². The monoisotopic (exact) mass is 390 g/mol. The third-order valence-electron chi connectivity index (χ3n) is 4.90. The first-order valence-electron chi connectivity index (χ1n) is 9.72. The molecule has 0 radical (unpaired) electrons. The topological polar surface area (TPSA) is 26.5 Å². The molecule has 0 saturated carbocycles. The average Bonchev–Trinajstić information content (AvgIpc) is 3.33. The fraction of sp³-hybridized carbons (Fsp3) is 0.292. The number of aryl methyl sites for hydroxylation is 2. The molecule has 0 saturated heterocycles. The van der Waals surface area contributed by atoms with Gasteiger partial charge >= 0.3 is 0 Å². The normalized spacial score (nSPS) is 16.1. The first kappa shape index (κ1) is 18.9. The third kappa shape index (κ3) is 4.68. The predicted octanol–water partition coefficient (Wildman–Crippen LogP) is 5.23. The molecule has 0 aliphatic carbocycles. The van der Waals surface area contributed by atoms with Gasteiger partial charge in [0, 0.05) is 24.2 Å². The van der Waals surface area contributed by atoms with Gasteiger partial charge in [-0.3, -0.25) is 0 Å². The standard InChI is InChI=1S/C24H26N2OS/c1-18-8-10-20(11-9-18)14-26-12-4-7-23(26)24-25-22(15-27-24)17-28-16-21-6-3-5-19(2)13-21/h3-13,22H,14-17H2,1-2H3. The van der Waals surface area contributed by atoms with Crippen molar-refractivity contribution < 1.29 is 4.74 Å². The van der Waals surface area contributed by atoms with E-state index in [1.54, 1.807) is 0 Å². The van der Waals surface area contributed by atoms with Crippen molar-refractivity contribution in [3.63, 3.8) is 0 Å². The van der Waals surface area contributed by atoms with E-state index in [1.165, 1.54) is 22.3 Å². The second kappa shape index (κ2) is 8.70. The maximum absolute atomic E-state index is 5.95. The van der Waals surface area contributed by atoms with Crippen molar-refractivity contribution in [2.75, 3.05) is 12.4 Å². The molecule has 1 aromatic heterocycles. The van der Waals surface area contributed by atoms with Crippen molar-refractivity contribution in [2.24, 2.45) is 4.99 Å². The van der Waals surface area contributed by atoms with E-state index in [2.05, 4.69) is 85.3 Å². The van der Waals surface area contributed by atoms with Crippen LogP contribution in [0.2, 0.25) is 0 Å². The number of hydrogen-bond donors (Lipinski definition) is 0. The molecule has 0 spiro atoms. The molecule has 4 rings (SSSR count). The highest BCUT2D eigenvalue weighted by atomic mass is 32.2. The van der Waals surface area contributed by atoms with E-state index in [4.69, 9.17) is 9.73 Å². The highest BCUT2D eigenvalue weighted by Gasteiger charge is 2.22. The average molecular weight is 391 g/mol. The number of aliphatic imine (C=N–C) groups is 1. The lowest BCUT2D eigenvalue weighted by Crippen LogP contribution is -2.11. The lowest BCUT2D eigenvalue weighted by Gasteiger charge is -2.09. The number of thioether (sulfide) groups is 1. The van der Waals surface area contributed by atoms with Crippen LogP contribution in [0.1, 0.15) is 27.9 Å². The van der Waals surface area contributed by atoms with Gasteiger partial charge in [-0.2, -0.15) is 11.8 Å². The summed E-state index contributed by atoms with van der Waals surface area (Å²) >= 11 is 1.93. The largest absolute Gasteiger partial charge is 0.474 e. The van der Waals surface area contributed by atoms with Crippen LogP contribution in [0.25, 0.3) is 0 Å². The summed E-state index contributed by atoms with van der Waals surface area (Å²) in [5.74, 6) is 2.78. The Labute approximate surface area is 171 Å². The molecule has 0 fully saturated rings. The van der Waals surface area contributed by atoms with Crippen molar-refractivity contribution in [1.82, 2.24) is 4.57 Å². The van der Waals surface area contributed by atoms with Crippen LogP contribution in [-0.4, -0.2) is 28.9 Å². The molecule has 1 unspecified atom stereocenters. The highest BCUT2D eigenvalue weighted by molar-refractivity contribution is 7.98. The smallest absolute Gasteiger partial charge is 0.233 e. The molecule has 4 heteroatoms. The molecule has 0 N–H and O–H groups in total. The zero-order chi connectivity index (χ0) is 19.3. The Balaban J connectivity index is 1.36. The maximum Gasteiger partial charge on any atom is 0.233 e. The summed E-state index contributed by atoms with van der Waals surface area (Å²) in [6.07, 6.45) is 2.10. The van der Waals surface area contributed by atoms with Crippen molar-refractivity contribution in [2.45, 2.75) is 32.2 Å². The van der Waals surface area contributed by atoms with Crippen LogP contribution in [0.15, 0.2) is 71.9 Å². The molecule has 2 aromatic carbocycles. The Bertz CT molecular complexity index is 959. The molecular formula is C24H26N2OS. The van der Waals surface area contributed by atoms with Crippen LogP contribution in [0, 0.1) is 13.8 Å². The number of aromatic nitrogens is 1. The lowest BCUT2D eigenvalue weighted by atomic mass is 10.1.